The molecular formula is C21H22ClIN2O3S. The van der Waals surface area contributed by atoms with Gasteiger partial charge in [0.15, 0.2) is 18.1 Å². The zero-order chi connectivity index (χ0) is 21.0. The lowest BCUT2D eigenvalue weighted by atomic mass is 10.2. The lowest BCUT2D eigenvalue weighted by Crippen LogP contribution is -2.26. The van der Waals surface area contributed by atoms with Gasteiger partial charge in [-0.1, -0.05) is 29.9 Å². The molecule has 0 unspecified atom stereocenters. The first kappa shape index (κ1) is 22.1. The average molecular weight is 545 g/mol. The van der Waals surface area contributed by atoms with E-state index in [0.29, 0.717) is 22.2 Å². The number of rotatable bonds is 6. The number of anilines is 1. The van der Waals surface area contributed by atoms with Gasteiger partial charge in [-0.05, 0) is 72.2 Å². The molecule has 8 heteroatoms. The van der Waals surface area contributed by atoms with Gasteiger partial charge in [-0.25, -0.2) is 0 Å². The second-order valence-electron chi connectivity index (χ2n) is 6.78. The number of ether oxygens (including phenoxy) is 2. The van der Waals surface area contributed by atoms with Crippen molar-refractivity contribution in [2.75, 3.05) is 32.1 Å². The van der Waals surface area contributed by atoms with Gasteiger partial charge in [-0.15, -0.1) is 0 Å². The number of benzene rings is 2. The van der Waals surface area contributed by atoms with Crippen LogP contribution < -0.4 is 14.8 Å². The number of nitrogens with one attached hydrogen (secondary N) is 1. The summed E-state index contributed by atoms with van der Waals surface area (Å²) >= 11 is 13.8. The molecule has 0 atom stereocenters. The Morgan fingerprint density at radius 3 is 2.69 bits per heavy atom. The quantitative estimate of drug-likeness (QED) is 0.407. The predicted molar refractivity (Wildman–Crippen MR) is 129 cm³/mol. The summed E-state index contributed by atoms with van der Waals surface area (Å²) < 4.78 is 12.1. The minimum atomic E-state index is -0.273. The van der Waals surface area contributed by atoms with E-state index in [0.717, 1.165) is 45.6 Å². The molecule has 0 radical (unpaired) electrons. The van der Waals surface area contributed by atoms with Crippen LogP contribution in [0.2, 0.25) is 5.02 Å². The Morgan fingerprint density at radius 2 is 2.00 bits per heavy atom. The summed E-state index contributed by atoms with van der Waals surface area (Å²) in [6.45, 7) is 3.73. The van der Waals surface area contributed by atoms with E-state index in [1.54, 1.807) is 19.2 Å². The van der Waals surface area contributed by atoms with Crippen LogP contribution in [0.4, 0.5) is 5.69 Å². The van der Waals surface area contributed by atoms with Gasteiger partial charge in [-0.3, -0.25) is 4.79 Å². The molecule has 0 saturated carbocycles. The number of likely N-dealkylation sites (tertiary alicyclic amines) is 1. The van der Waals surface area contributed by atoms with Crippen LogP contribution in [0.15, 0.2) is 30.3 Å². The van der Waals surface area contributed by atoms with Gasteiger partial charge in [0.05, 0.1) is 10.7 Å². The van der Waals surface area contributed by atoms with Gasteiger partial charge in [-0.2, -0.15) is 0 Å². The van der Waals surface area contributed by atoms with Crippen molar-refractivity contribution in [2.24, 2.45) is 0 Å². The summed E-state index contributed by atoms with van der Waals surface area (Å²) in [5.74, 6) is 0.809. The molecule has 154 valence electrons. The maximum Gasteiger partial charge on any atom is 0.262 e. The molecule has 2 aromatic rings. The maximum atomic E-state index is 12.4. The van der Waals surface area contributed by atoms with E-state index in [1.165, 1.54) is 0 Å². The number of hydrogen-bond acceptors (Lipinski definition) is 4. The molecule has 5 nitrogen and oxygen atoms in total. The highest BCUT2D eigenvalue weighted by molar-refractivity contribution is 14.1. The van der Waals surface area contributed by atoms with Crippen LogP contribution in [0, 0.1) is 10.5 Å². The van der Waals surface area contributed by atoms with E-state index in [2.05, 4.69) is 32.8 Å². The van der Waals surface area contributed by atoms with Crippen molar-refractivity contribution in [2.45, 2.75) is 19.8 Å². The number of carbonyl (C=O) groups excluding carboxylic acids is 1. The van der Waals surface area contributed by atoms with Crippen molar-refractivity contribution >= 4 is 63.0 Å². The van der Waals surface area contributed by atoms with Crippen molar-refractivity contribution < 1.29 is 14.3 Å². The fourth-order valence-electron chi connectivity index (χ4n) is 3.14. The molecule has 0 aliphatic carbocycles. The summed E-state index contributed by atoms with van der Waals surface area (Å²) in [5.41, 5.74) is 2.52. The third-order valence-electron chi connectivity index (χ3n) is 4.69. The molecule has 0 spiro atoms. The Kier molecular flexibility index (Phi) is 7.59. The van der Waals surface area contributed by atoms with Crippen molar-refractivity contribution in [3.63, 3.8) is 0 Å². The number of nitrogens with zero attached hydrogens (tertiary/aromatic N) is 1. The molecule has 1 amide bonds. The summed E-state index contributed by atoms with van der Waals surface area (Å²) in [7, 11) is 1.58. The van der Waals surface area contributed by atoms with Gasteiger partial charge in [0.25, 0.3) is 5.91 Å². The molecule has 29 heavy (non-hydrogen) atoms. The lowest BCUT2D eigenvalue weighted by Gasteiger charge is -2.20. The molecule has 2 aromatic carbocycles. The zero-order valence-electron chi connectivity index (χ0n) is 16.3. The second kappa shape index (κ2) is 9.95. The van der Waals surface area contributed by atoms with Gasteiger partial charge in [0.2, 0.25) is 0 Å². The van der Waals surface area contributed by atoms with E-state index < -0.39 is 0 Å². The Bertz CT molecular complexity index is 932. The van der Waals surface area contributed by atoms with E-state index in [-0.39, 0.29) is 12.5 Å². The number of methoxy groups -OCH3 is 1. The molecule has 3 rings (SSSR count). The van der Waals surface area contributed by atoms with Crippen LogP contribution in [-0.2, 0) is 4.79 Å². The van der Waals surface area contributed by atoms with Crippen LogP contribution in [-0.4, -0.2) is 42.6 Å². The third-order valence-corrected chi connectivity index (χ3v) is 6.22. The molecule has 1 heterocycles. The highest BCUT2D eigenvalue weighted by atomic mass is 127. The fraction of sp³-hybridized carbons (Fsp3) is 0.333. The number of amides is 1. The van der Waals surface area contributed by atoms with Crippen molar-refractivity contribution in [3.05, 3.63) is 50.1 Å². The topological polar surface area (TPSA) is 50.8 Å². The number of thiocarbonyl (C=S) groups is 1. The molecular weight excluding hydrogens is 523 g/mol. The van der Waals surface area contributed by atoms with Crippen LogP contribution in [0.3, 0.4) is 0 Å². The molecule has 1 fully saturated rings. The molecule has 1 saturated heterocycles. The summed E-state index contributed by atoms with van der Waals surface area (Å²) in [4.78, 5) is 15.4. The number of halogens is 2. The van der Waals surface area contributed by atoms with Crippen molar-refractivity contribution in [3.8, 4) is 11.5 Å². The number of carbonyl (C=O) groups is 1. The zero-order valence-corrected chi connectivity index (χ0v) is 20.0. The number of aryl methyl sites for hydroxylation is 1. The van der Waals surface area contributed by atoms with Crippen LogP contribution in [0.1, 0.15) is 24.0 Å². The highest BCUT2D eigenvalue weighted by Gasteiger charge is 2.20. The first-order valence-corrected chi connectivity index (χ1v) is 11.1. The smallest absolute Gasteiger partial charge is 0.262 e. The van der Waals surface area contributed by atoms with E-state index in [1.807, 2.05) is 25.1 Å². The van der Waals surface area contributed by atoms with Gasteiger partial charge in [0, 0.05) is 29.4 Å². The Balaban J connectivity index is 1.70. The van der Waals surface area contributed by atoms with Gasteiger partial charge >= 0.3 is 0 Å². The average Bonchev–Trinajstić information content (AvgIpc) is 3.23. The lowest BCUT2D eigenvalue weighted by molar-refractivity contribution is -0.118. The minimum absolute atomic E-state index is 0.145. The van der Waals surface area contributed by atoms with Crippen molar-refractivity contribution in [1.82, 2.24) is 4.90 Å². The number of hydrogen-bond donors (Lipinski definition) is 1. The van der Waals surface area contributed by atoms with Gasteiger partial charge in [0.1, 0.15) is 4.99 Å². The first-order chi connectivity index (χ1) is 13.9. The molecule has 1 aliphatic heterocycles. The SMILES string of the molecule is COc1cc(C(=S)N2CCCC2)cc(I)c1OCC(=O)Nc1cc(Cl)ccc1C. The molecule has 0 aromatic heterocycles. The first-order valence-electron chi connectivity index (χ1n) is 9.24. The van der Waals surface area contributed by atoms with Crippen LogP contribution >= 0.6 is 46.4 Å². The van der Waals surface area contributed by atoms with Crippen molar-refractivity contribution in [1.29, 1.82) is 0 Å². The predicted octanol–water partition coefficient (Wildman–Crippen LogP) is 5.05. The fourth-order valence-corrected chi connectivity index (χ4v) is 4.37. The van der Waals surface area contributed by atoms with E-state index in [9.17, 15) is 4.79 Å². The Morgan fingerprint density at radius 1 is 1.28 bits per heavy atom. The van der Waals surface area contributed by atoms with E-state index >= 15 is 0 Å². The summed E-state index contributed by atoms with van der Waals surface area (Å²) in [5, 5.41) is 3.39. The molecule has 1 N–H and O–H groups in total. The standard InChI is InChI=1S/C21H22ClIN2O3S/c1-13-5-6-15(22)11-17(13)24-19(26)12-28-20-16(23)9-14(10-18(20)27-2)21(29)25-7-3-4-8-25/h5-6,9-11H,3-4,7-8,12H2,1-2H3,(H,24,26). The van der Waals surface area contributed by atoms with Crippen LogP contribution in [0.5, 0.6) is 11.5 Å². The van der Waals surface area contributed by atoms with Crippen LogP contribution in [0.25, 0.3) is 0 Å². The monoisotopic (exact) mass is 544 g/mol. The summed E-state index contributed by atoms with van der Waals surface area (Å²) in [6, 6.07) is 9.19. The third kappa shape index (κ3) is 5.52. The maximum absolute atomic E-state index is 12.4. The van der Waals surface area contributed by atoms with E-state index in [4.69, 9.17) is 33.3 Å². The Hall–Kier alpha value is -1.58. The normalized spacial score (nSPS) is 13.3. The summed E-state index contributed by atoms with van der Waals surface area (Å²) in [6.07, 6.45) is 2.33. The molecule has 0 bridgehead atoms. The highest BCUT2D eigenvalue weighted by Crippen LogP contribution is 2.35. The largest absolute Gasteiger partial charge is 0.493 e. The minimum Gasteiger partial charge on any atom is -0.493 e. The second-order valence-corrected chi connectivity index (χ2v) is 8.77. The Labute approximate surface area is 194 Å². The van der Waals surface area contributed by atoms with Gasteiger partial charge < -0.3 is 19.7 Å². The molecule has 1 aliphatic rings.